The Morgan fingerprint density at radius 2 is 2.20 bits per heavy atom. The Kier molecular flexibility index (Phi) is 3.63. The maximum atomic E-state index is 10.7. The zero-order valence-electron chi connectivity index (χ0n) is 11.4. The molecule has 0 bridgehead atoms. The Hall–Kier alpha value is -1.59. The molecule has 0 amide bonds. The fraction of sp³-hybridized carbons (Fsp3) is 0.533. The molecule has 1 atom stereocenters. The Labute approximate surface area is 118 Å². The van der Waals surface area contributed by atoms with Crippen molar-refractivity contribution in [2.24, 2.45) is 5.92 Å². The summed E-state index contributed by atoms with van der Waals surface area (Å²) >= 11 is 0. The quantitative estimate of drug-likeness (QED) is 0.759. The fourth-order valence-corrected chi connectivity index (χ4v) is 2.86. The van der Waals surface area contributed by atoms with Crippen molar-refractivity contribution in [2.45, 2.75) is 25.5 Å². The van der Waals surface area contributed by atoms with Crippen LogP contribution in [0.5, 0.6) is 0 Å². The highest BCUT2D eigenvalue weighted by Gasteiger charge is 2.31. The number of aliphatic carboxylic acids is 1. The average molecular weight is 276 g/mol. The van der Waals surface area contributed by atoms with E-state index in [-0.39, 0.29) is 6.54 Å². The molecular weight excluding hydrogens is 256 g/mol. The van der Waals surface area contributed by atoms with Crippen molar-refractivity contribution >= 4 is 11.7 Å². The first-order valence-corrected chi connectivity index (χ1v) is 7.14. The Balaban J connectivity index is 1.78. The summed E-state index contributed by atoms with van der Waals surface area (Å²) in [5.41, 5.74) is 2.79. The Bertz CT molecular complexity index is 514. The fourth-order valence-electron chi connectivity index (χ4n) is 2.86. The van der Waals surface area contributed by atoms with Gasteiger partial charge in [-0.2, -0.15) is 0 Å². The molecular formula is C15H20N2O3. The molecule has 1 saturated carbocycles. The summed E-state index contributed by atoms with van der Waals surface area (Å²) in [7, 11) is 0. The summed E-state index contributed by atoms with van der Waals surface area (Å²) in [4.78, 5) is 12.8. The molecule has 1 heterocycles. The minimum atomic E-state index is -0.880. The van der Waals surface area contributed by atoms with E-state index in [4.69, 9.17) is 5.11 Å². The second kappa shape index (κ2) is 5.42. The normalized spacial score (nSPS) is 22.4. The highest BCUT2D eigenvalue weighted by atomic mass is 16.4. The zero-order chi connectivity index (χ0) is 14.1. The molecule has 5 nitrogen and oxygen atoms in total. The zero-order valence-corrected chi connectivity index (χ0v) is 11.4. The lowest BCUT2D eigenvalue weighted by Gasteiger charge is -2.35. The molecule has 1 aromatic carbocycles. The van der Waals surface area contributed by atoms with Crippen LogP contribution in [0.2, 0.25) is 0 Å². The van der Waals surface area contributed by atoms with E-state index in [2.05, 4.69) is 10.2 Å². The number of hydrogen-bond acceptors (Lipinski definition) is 4. The largest absolute Gasteiger partial charge is 0.480 e. The minimum absolute atomic E-state index is 0.0989. The molecule has 1 aliphatic carbocycles. The second-order valence-corrected chi connectivity index (χ2v) is 5.68. The van der Waals surface area contributed by atoms with Crippen molar-refractivity contribution in [2.75, 3.05) is 25.0 Å². The SMILES string of the molecule is O=C(O)CNc1cccc2c1CCN(CC1CC1)C2O. The Morgan fingerprint density at radius 3 is 2.90 bits per heavy atom. The van der Waals surface area contributed by atoms with Gasteiger partial charge in [-0.25, -0.2) is 0 Å². The molecule has 0 aromatic heterocycles. The molecule has 1 fully saturated rings. The van der Waals surface area contributed by atoms with E-state index in [1.54, 1.807) is 0 Å². The van der Waals surface area contributed by atoms with Crippen LogP contribution < -0.4 is 5.32 Å². The van der Waals surface area contributed by atoms with Crippen LogP contribution in [0.1, 0.15) is 30.2 Å². The van der Waals surface area contributed by atoms with Crippen molar-refractivity contribution in [1.82, 2.24) is 4.90 Å². The maximum absolute atomic E-state index is 10.7. The predicted molar refractivity (Wildman–Crippen MR) is 75.5 cm³/mol. The molecule has 108 valence electrons. The van der Waals surface area contributed by atoms with Crippen molar-refractivity contribution in [3.63, 3.8) is 0 Å². The van der Waals surface area contributed by atoms with Crippen LogP contribution in [-0.2, 0) is 11.2 Å². The molecule has 0 radical (unpaired) electrons. The van der Waals surface area contributed by atoms with Gasteiger partial charge in [0.1, 0.15) is 12.8 Å². The smallest absolute Gasteiger partial charge is 0.322 e. The predicted octanol–water partition coefficient (Wildman–Crippen LogP) is 1.44. The van der Waals surface area contributed by atoms with Gasteiger partial charge in [0.2, 0.25) is 0 Å². The number of nitrogens with zero attached hydrogens (tertiary/aromatic N) is 1. The number of carboxylic acid groups (broad SMARTS) is 1. The number of aliphatic hydroxyl groups excluding tert-OH is 1. The average Bonchev–Trinajstić information content (AvgIpc) is 3.23. The van der Waals surface area contributed by atoms with Gasteiger partial charge in [-0.05, 0) is 36.8 Å². The minimum Gasteiger partial charge on any atom is -0.480 e. The maximum Gasteiger partial charge on any atom is 0.322 e. The third kappa shape index (κ3) is 2.78. The van der Waals surface area contributed by atoms with Gasteiger partial charge >= 0.3 is 5.97 Å². The van der Waals surface area contributed by atoms with Crippen molar-refractivity contribution in [1.29, 1.82) is 0 Å². The van der Waals surface area contributed by atoms with Gasteiger partial charge in [-0.15, -0.1) is 0 Å². The number of fused-ring (bicyclic) bond motifs is 1. The van der Waals surface area contributed by atoms with Crippen LogP contribution in [-0.4, -0.2) is 40.7 Å². The molecule has 3 rings (SSSR count). The first-order chi connectivity index (χ1) is 9.65. The summed E-state index contributed by atoms with van der Waals surface area (Å²) in [6, 6.07) is 5.68. The highest BCUT2D eigenvalue weighted by Crippen LogP contribution is 2.36. The highest BCUT2D eigenvalue weighted by molar-refractivity contribution is 5.73. The van der Waals surface area contributed by atoms with Crippen LogP contribution in [0.3, 0.4) is 0 Å². The first kappa shape index (κ1) is 13.4. The van der Waals surface area contributed by atoms with Crippen LogP contribution in [0.25, 0.3) is 0 Å². The van der Waals surface area contributed by atoms with Gasteiger partial charge in [0.15, 0.2) is 0 Å². The lowest BCUT2D eigenvalue weighted by molar-refractivity contribution is -0.134. The number of benzene rings is 1. The van der Waals surface area contributed by atoms with Gasteiger partial charge in [-0.3, -0.25) is 9.69 Å². The molecule has 20 heavy (non-hydrogen) atoms. The molecule has 3 N–H and O–H groups in total. The van der Waals surface area contributed by atoms with E-state index in [9.17, 15) is 9.90 Å². The standard InChI is InChI=1S/C15H20N2O3/c18-14(19)8-16-13-3-1-2-12-11(13)6-7-17(15(12)20)9-10-4-5-10/h1-3,10,15-16,20H,4-9H2,(H,18,19). The van der Waals surface area contributed by atoms with Crippen molar-refractivity contribution < 1.29 is 15.0 Å². The second-order valence-electron chi connectivity index (χ2n) is 5.68. The Morgan fingerprint density at radius 1 is 1.40 bits per heavy atom. The molecule has 0 saturated heterocycles. The van der Waals surface area contributed by atoms with Gasteiger partial charge in [0.25, 0.3) is 0 Å². The van der Waals surface area contributed by atoms with E-state index in [1.807, 2.05) is 18.2 Å². The molecule has 1 aliphatic heterocycles. The first-order valence-electron chi connectivity index (χ1n) is 7.14. The number of carbonyl (C=O) groups is 1. The molecule has 2 aliphatic rings. The molecule has 0 spiro atoms. The molecule has 1 aromatic rings. The summed E-state index contributed by atoms with van der Waals surface area (Å²) in [6.07, 6.45) is 2.83. The van der Waals surface area contributed by atoms with E-state index >= 15 is 0 Å². The number of hydrogen-bond donors (Lipinski definition) is 3. The summed E-state index contributed by atoms with van der Waals surface area (Å²) in [6.45, 7) is 1.70. The van der Waals surface area contributed by atoms with Crippen molar-refractivity contribution in [3.05, 3.63) is 29.3 Å². The molecule has 1 unspecified atom stereocenters. The van der Waals surface area contributed by atoms with Gasteiger partial charge in [-0.1, -0.05) is 12.1 Å². The number of aliphatic hydroxyl groups is 1. The summed E-state index contributed by atoms with van der Waals surface area (Å²) in [5, 5.41) is 22.2. The van der Waals surface area contributed by atoms with Crippen LogP contribution >= 0.6 is 0 Å². The lowest BCUT2D eigenvalue weighted by Crippen LogP contribution is -2.37. The van der Waals surface area contributed by atoms with Crippen LogP contribution in [0.15, 0.2) is 18.2 Å². The van der Waals surface area contributed by atoms with E-state index in [0.717, 1.165) is 42.2 Å². The van der Waals surface area contributed by atoms with E-state index < -0.39 is 12.2 Å². The van der Waals surface area contributed by atoms with Crippen LogP contribution in [0.4, 0.5) is 5.69 Å². The van der Waals surface area contributed by atoms with Crippen molar-refractivity contribution in [3.8, 4) is 0 Å². The third-order valence-corrected chi connectivity index (χ3v) is 4.11. The number of rotatable bonds is 5. The topological polar surface area (TPSA) is 72.8 Å². The monoisotopic (exact) mass is 276 g/mol. The van der Waals surface area contributed by atoms with Gasteiger partial charge < -0.3 is 15.5 Å². The summed E-state index contributed by atoms with van der Waals surface area (Å²) < 4.78 is 0. The van der Waals surface area contributed by atoms with Gasteiger partial charge in [0.05, 0.1) is 0 Å². The summed E-state index contributed by atoms with van der Waals surface area (Å²) in [5.74, 6) is -0.131. The van der Waals surface area contributed by atoms with E-state index in [1.165, 1.54) is 12.8 Å². The number of nitrogens with one attached hydrogen (secondary N) is 1. The number of carboxylic acids is 1. The van der Waals surface area contributed by atoms with Gasteiger partial charge in [0, 0.05) is 24.3 Å². The van der Waals surface area contributed by atoms with Crippen LogP contribution in [0, 0.1) is 5.92 Å². The van der Waals surface area contributed by atoms with E-state index in [0.29, 0.717) is 0 Å². The molecule has 5 heteroatoms. The lowest BCUT2D eigenvalue weighted by atomic mass is 9.96. The third-order valence-electron chi connectivity index (χ3n) is 4.11. The number of anilines is 1.